The molecule has 5 heteroatoms. The number of nitriles is 1. The molecule has 112 valence electrons. The Bertz CT molecular complexity index is 714. The molecule has 0 amide bonds. The molecule has 0 aliphatic heterocycles. The molecular weight excluding hydrogens is 279 g/mol. The monoisotopic (exact) mass is 296 g/mol. The number of rotatable bonds is 4. The van der Waals surface area contributed by atoms with E-state index in [2.05, 4.69) is 16.4 Å². The third-order valence-corrected chi connectivity index (χ3v) is 4.48. The van der Waals surface area contributed by atoms with Crippen molar-refractivity contribution in [2.75, 3.05) is 17.6 Å². The van der Waals surface area contributed by atoms with E-state index < -0.39 is 0 Å². The quantitative estimate of drug-likeness (QED) is 0.908. The third-order valence-electron chi connectivity index (χ3n) is 4.48. The van der Waals surface area contributed by atoms with Crippen LogP contribution in [0.5, 0.6) is 0 Å². The summed E-state index contributed by atoms with van der Waals surface area (Å²) in [5.74, 6) is 0.0109. The van der Waals surface area contributed by atoms with Crippen LogP contribution in [0, 0.1) is 17.1 Å². The van der Waals surface area contributed by atoms with E-state index in [0.29, 0.717) is 17.8 Å². The van der Waals surface area contributed by atoms with E-state index in [1.54, 1.807) is 12.3 Å². The zero-order valence-electron chi connectivity index (χ0n) is 12.1. The number of pyridine rings is 1. The molecular formula is C17H17FN4. The second-order valence-electron chi connectivity index (χ2n) is 5.72. The molecule has 1 aliphatic rings. The topological polar surface area (TPSA) is 74.7 Å². The number of nitrogens with zero attached hydrogens (tertiary/aromatic N) is 2. The summed E-state index contributed by atoms with van der Waals surface area (Å²) < 4.78 is 13.1. The van der Waals surface area contributed by atoms with Crippen LogP contribution in [0.4, 0.5) is 15.9 Å². The summed E-state index contributed by atoms with van der Waals surface area (Å²) in [7, 11) is 0. The SMILES string of the molecule is N#Cc1c(NCC2(c3ccc(F)cc3)CCC2)ccnc1N. The first-order valence-electron chi connectivity index (χ1n) is 7.29. The molecule has 1 aromatic heterocycles. The lowest BCUT2D eigenvalue weighted by Gasteiger charge is -2.43. The van der Waals surface area contributed by atoms with Crippen LogP contribution in [0.15, 0.2) is 36.5 Å². The normalized spacial score (nSPS) is 15.6. The van der Waals surface area contributed by atoms with E-state index in [4.69, 9.17) is 5.73 Å². The molecule has 3 N–H and O–H groups in total. The van der Waals surface area contributed by atoms with Crippen molar-refractivity contribution in [1.82, 2.24) is 4.98 Å². The summed E-state index contributed by atoms with van der Waals surface area (Å²) in [6, 6.07) is 10.5. The maximum Gasteiger partial charge on any atom is 0.143 e. The average molecular weight is 296 g/mol. The highest BCUT2D eigenvalue weighted by Gasteiger charge is 2.38. The summed E-state index contributed by atoms with van der Waals surface area (Å²) in [4.78, 5) is 3.93. The van der Waals surface area contributed by atoms with Gasteiger partial charge in [0.15, 0.2) is 0 Å². The number of nitrogens with two attached hydrogens (primary N) is 1. The zero-order valence-corrected chi connectivity index (χ0v) is 12.1. The first-order chi connectivity index (χ1) is 10.6. The largest absolute Gasteiger partial charge is 0.383 e. The summed E-state index contributed by atoms with van der Waals surface area (Å²) in [5.41, 5.74) is 7.93. The third kappa shape index (κ3) is 2.48. The molecule has 4 nitrogen and oxygen atoms in total. The first kappa shape index (κ1) is 14.3. The van der Waals surface area contributed by atoms with Crippen molar-refractivity contribution < 1.29 is 4.39 Å². The van der Waals surface area contributed by atoms with Crippen LogP contribution in [0.2, 0.25) is 0 Å². The number of hydrogen-bond donors (Lipinski definition) is 2. The molecule has 0 spiro atoms. The number of anilines is 2. The highest BCUT2D eigenvalue weighted by Crippen LogP contribution is 2.44. The number of hydrogen-bond acceptors (Lipinski definition) is 4. The van der Waals surface area contributed by atoms with Crippen LogP contribution in [0.3, 0.4) is 0 Å². The summed E-state index contributed by atoms with van der Waals surface area (Å²) in [5, 5.41) is 12.5. The minimum absolute atomic E-state index is 0.00153. The molecule has 3 rings (SSSR count). The van der Waals surface area contributed by atoms with Gasteiger partial charge in [-0.05, 0) is 36.6 Å². The number of aromatic nitrogens is 1. The van der Waals surface area contributed by atoms with Gasteiger partial charge in [0.25, 0.3) is 0 Å². The highest BCUT2D eigenvalue weighted by atomic mass is 19.1. The van der Waals surface area contributed by atoms with Gasteiger partial charge >= 0.3 is 0 Å². The second-order valence-corrected chi connectivity index (χ2v) is 5.72. The van der Waals surface area contributed by atoms with Gasteiger partial charge in [-0.2, -0.15) is 5.26 Å². The molecule has 0 saturated heterocycles. The highest BCUT2D eigenvalue weighted by molar-refractivity contribution is 5.66. The van der Waals surface area contributed by atoms with Crippen LogP contribution in [0.1, 0.15) is 30.4 Å². The maximum atomic E-state index is 13.1. The van der Waals surface area contributed by atoms with Crippen LogP contribution >= 0.6 is 0 Å². The molecule has 0 unspecified atom stereocenters. The molecule has 0 radical (unpaired) electrons. The van der Waals surface area contributed by atoms with E-state index in [1.165, 1.54) is 12.1 Å². The molecule has 0 bridgehead atoms. The molecule has 0 atom stereocenters. The van der Waals surface area contributed by atoms with Crippen LogP contribution < -0.4 is 11.1 Å². The minimum Gasteiger partial charge on any atom is -0.383 e. The molecule has 1 aromatic carbocycles. The Morgan fingerprint density at radius 1 is 1.27 bits per heavy atom. The standard InChI is InChI=1S/C17H17FN4/c18-13-4-2-12(3-5-13)17(7-1-8-17)11-22-15-6-9-21-16(20)14(15)10-19/h2-6,9H,1,7-8,11H2,(H3,20,21,22). The van der Waals surface area contributed by atoms with Gasteiger partial charge in [-0.1, -0.05) is 18.6 Å². The summed E-state index contributed by atoms with van der Waals surface area (Å²) >= 11 is 0. The summed E-state index contributed by atoms with van der Waals surface area (Å²) in [6.07, 6.45) is 4.84. The number of nitrogen functional groups attached to an aromatic ring is 1. The Kier molecular flexibility index (Phi) is 3.68. The van der Waals surface area contributed by atoms with Crippen molar-refractivity contribution in [1.29, 1.82) is 5.26 Å². The lowest BCUT2D eigenvalue weighted by molar-refractivity contribution is 0.260. The predicted molar refractivity (Wildman–Crippen MR) is 83.8 cm³/mol. The fourth-order valence-corrected chi connectivity index (χ4v) is 2.98. The molecule has 1 fully saturated rings. The first-order valence-corrected chi connectivity index (χ1v) is 7.29. The Hall–Kier alpha value is -2.61. The predicted octanol–water partition coefficient (Wildman–Crippen LogP) is 3.21. The van der Waals surface area contributed by atoms with Gasteiger partial charge in [0.1, 0.15) is 23.3 Å². The fourth-order valence-electron chi connectivity index (χ4n) is 2.98. The zero-order chi connectivity index (χ0) is 15.6. The second kappa shape index (κ2) is 5.64. The van der Waals surface area contributed by atoms with Crippen LogP contribution in [-0.2, 0) is 5.41 Å². The Balaban J connectivity index is 1.81. The van der Waals surface area contributed by atoms with Crippen molar-refractivity contribution >= 4 is 11.5 Å². The van der Waals surface area contributed by atoms with Crippen molar-refractivity contribution in [3.05, 3.63) is 53.5 Å². The Morgan fingerprint density at radius 3 is 2.59 bits per heavy atom. The van der Waals surface area contributed by atoms with E-state index in [9.17, 15) is 9.65 Å². The summed E-state index contributed by atoms with van der Waals surface area (Å²) in [6.45, 7) is 0.691. The molecule has 1 saturated carbocycles. The van der Waals surface area contributed by atoms with Crippen molar-refractivity contribution in [2.24, 2.45) is 0 Å². The number of nitrogens with one attached hydrogen (secondary N) is 1. The van der Waals surface area contributed by atoms with Crippen molar-refractivity contribution in [2.45, 2.75) is 24.7 Å². The van der Waals surface area contributed by atoms with Gasteiger partial charge in [-0.3, -0.25) is 0 Å². The van der Waals surface area contributed by atoms with Gasteiger partial charge < -0.3 is 11.1 Å². The number of halogens is 1. The van der Waals surface area contributed by atoms with Crippen molar-refractivity contribution in [3.8, 4) is 6.07 Å². The van der Waals surface area contributed by atoms with Gasteiger partial charge in [0, 0.05) is 18.2 Å². The number of benzene rings is 1. The van der Waals surface area contributed by atoms with E-state index in [0.717, 1.165) is 24.8 Å². The van der Waals surface area contributed by atoms with E-state index in [1.807, 2.05) is 12.1 Å². The molecule has 1 heterocycles. The Labute approximate surface area is 128 Å². The molecule has 1 aliphatic carbocycles. The molecule has 22 heavy (non-hydrogen) atoms. The maximum absolute atomic E-state index is 13.1. The van der Waals surface area contributed by atoms with E-state index >= 15 is 0 Å². The average Bonchev–Trinajstić information content (AvgIpc) is 2.48. The van der Waals surface area contributed by atoms with Gasteiger partial charge in [-0.25, -0.2) is 9.37 Å². The smallest absolute Gasteiger partial charge is 0.143 e. The minimum atomic E-state index is -0.222. The van der Waals surface area contributed by atoms with Gasteiger partial charge in [0.2, 0.25) is 0 Å². The van der Waals surface area contributed by atoms with Crippen LogP contribution in [0.25, 0.3) is 0 Å². The van der Waals surface area contributed by atoms with Gasteiger partial charge in [-0.15, -0.1) is 0 Å². The Morgan fingerprint density at radius 2 is 2.00 bits per heavy atom. The van der Waals surface area contributed by atoms with Crippen molar-refractivity contribution in [3.63, 3.8) is 0 Å². The van der Waals surface area contributed by atoms with Crippen LogP contribution in [-0.4, -0.2) is 11.5 Å². The lowest BCUT2D eigenvalue weighted by Crippen LogP contribution is -2.41. The van der Waals surface area contributed by atoms with E-state index in [-0.39, 0.29) is 17.1 Å². The molecule has 2 aromatic rings. The van der Waals surface area contributed by atoms with Gasteiger partial charge in [0.05, 0.1) is 5.69 Å². The fraction of sp³-hybridized carbons (Fsp3) is 0.294. The lowest BCUT2D eigenvalue weighted by atomic mass is 9.64.